The van der Waals surface area contributed by atoms with Gasteiger partial charge in [0.15, 0.2) is 0 Å². The number of nitrogens with zero attached hydrogens (tertiary/aromatic N) is 1. The van der Waals surface area contributed by atoms with Crippen LogP contribution >= 0.6 is 0 Å². The van der Waals surface area contributed by atoms with Crippen molar-refractivity contribution in [1.29, 1.82) is 0 Å². The molecular formula is C23H24N2O. The van der Waals surface area contributed by atoms with Gasteiger partial charge in [-0.25, -0.2) is 0 Å². The molecule has 0 spiro atoms. The van der Waals surface area contributed by atoms with Crippen LogP contribution in [-0.4, -0.2) is 10.9 Å². The first-order valence-corrected chi connectivity index (χ1v) is 9.03. The third-order valence-corrected chi connectivity index (χ3v) is 4.78. The molecule has 0 aliphatic rings. The van der Waals surface area contributed by atoms with Crippen LogP contribution in [0.1, 0.15) is 47.2 Å². The normalized spacial score (nSPS) is 11.9. The first kappa shape index (κ1) is 17.9. The fourth-order valence-corrected chi connectivity index (χ4v) is 3.32. The molecule has 2 aromatic carbocycles. The lowest BCUT2D eigenvalue weighted by molar-refractivity contribution is 0.1000. The molecule has 132 valence electrons. The molecule has 26 heavy (non-hydrogen) atoms. The molecule has 0 bridgehead atoms. The molecule has 3 nitrogen and oxygen atoms in total. The van der Waals surface area contributed by atoms with Crippen LogP contribution in [0.4, 0.5) is 0 Å². The Bertz CT molecular complexity index is 860. The van der Waals surface area contributed by atoms with Gasteiger partial charge in [-0.15, -0.1) is 0 Å². The predicted molar refractivity (Wildman–Crippen MR) is 106 cm³/mol. The van der Waals surface area contributed by atoms with E-state index in [1.807, 2.05) is 48.7 Å². The zero-order valence-corrected chi connectivity index (χ0v) is 15.1. The van der Waals surface area contributed by atoms with Gasteiger partial charge in [-0.05, 0) is 65.6 Å². The van der Waals surface area contributed by atoms with Crippen molar-refractivity contribution in [2.24, 2.45) is 5.73 Å². The molecule has 1 heterocycles. The molecule has 3 heteroatoms. The largest absolute Gasteiger partial charge is 0.366 e. The van der Waals surface area contributed by atoms with Gasteiger partial charge in [-0.1, -0.05) is 49.4 Å². The van der Waals surface area contributed by atoms with Gasteiger partial charge in [-0.3, -0.25) is 9.78 Å². The van der Waals surface area contributed by atoms with E-state index in [9.17, 15) is 4.79 Å². The number of hydrogen-bond acceptors (Lipinski definition) is 2. The average Bonchev–Trinajstić information content (AvgIpc) is 2.69. The van der Waals surface area contributed by atoms with E-state index in [2.05, 4.69) is 30.1 Å². The summed E-state index contributed by atoms with van der Waals surface area (Å²) in [5.41, 5.74) is 10.8. The number of primary amides is 1. The zero-order chi connectivity index (χ0) is 18.4. The maximum Gasteiger partial charge on any atom is 0.248 e. The number of rotatable bonds is 7. The molecule has 3 rings (SSSR count). The molecular weight excluding hydrogens is 320 g/mol. The van der Waals surface area contributed by atoms with E-state index in [4.69, 9.17) is 5.73 Å². The van der Waals surface area contributed by atoms with Gasteiger partial charge in [0.2, 0.25) is 5.91 Å². The number of hydrogen-bond donors (Lipinski definition) is 1. The third-order valence-electron chi connectivity index (χ3n) is 4.78. The van der Waals surface area contributed by atoms with E-state index in [1.165, 1.54) is 16.7 Å². The van der Waals surface area contributed by atoms with Gasteiger partial charge in [-0.2, -0.15) is 0 Å². The Kier molecular flexibility index (Phi) is 5.80. The summed E-state index contributed by atoms with van der Waals surface area (Å²) in [6.45, 7) is 2.22. The minimum absolute atomic E-state index is 0.334. The minimum Gasteiger partial charge on any atom is -0.366 e. The maximum atomic E-state index is 11.6. The predicted octanol–water partition coefficient (Wildman–Crippen LogP) is 4.97. The van der Waals surface area contributed by atoms with Gasteiger partial charge in [0.05, 0.1) is 0 Å². The van der Waals surface area contributed by atoms with Crippen molar-refractivity contribution < 1.29 is 4.79 Å². The molecule has 0 fully saturated rings. The highest BCUT2D eigenvalue weighted by molar-refractivity contribution is 5.93. The molecule has 3 aromatic rings. The number of amides is 1. The fraction of sp³-hybridized carbons (Fsp3) is 0.217. The highest BCUT2D eigenvalue weighted by Gasteiger charge is 2.14. The molecule has 1 amide bonds. The number of carbonyl (C=O) groups excluding carboxylic acids is 1. The van der Waals surface area contributed by atoms with E-state index in [-0.39, 0.29) is 5.91 Å². The Morgan fingerprint density at radius 2 is 1.88 bits per heavy atom. The summed E-state index contributed by atoms with van der Waals surface area (Å²) < 4.78 is 0. The summed E-state index contributed by atoms with van der Waals surface area (Å²) in [7, 11) is 0. The molecule has 0 saturated heterocycles. The molecule has 0 saturated carbocycles. The van der Waals surface area contributed by atoms with Crippen LogP contribution in [0.3, 0.4) is 0 Å². The summed E-state index contributed by atoms with van der Waals surface area (Å²) in [4.78, 5) is 15.8. The van der Waals surface area contributed by atoms with Crippen LogP contribution in [0, 0.1) is 0 Å². The molecule has 0 radical (unpaired) electrons. The lowest BCUT2D eigenvalue weighted by Gasteiger charge is -2.18. The Morgan fingerprint density at radius 1 is 1.08 bits per heavy atom. The van der Waals surface area contributed by atoms with Gasteiger partial charge < -0.3 is 5.73 Å². The summed E-state index contributed by atoms with van der Waals surface area (Å²) in [5, 5.41) is 0. The van der Waals surface area contributed by atoms with Gasteiger partial charge >= 0.3 is 0 Å². The van der Waals surface area contributed by atoms with E-state index in [0.717, 1.165) is 24.8 Å². The lowest BCUT2D eigenvalue weighted by atomic mass is 9.87. The number of nitrogens with two attached hydrogens (primary N) is 1. The minimum atomic E-state index is -0.381. The molecule has 1 atom stereocenters. The van der Waals surface area contributed by atoms with Crippen LogP contribution < -0.4 is 5.73 Å². The number of pyridine rings is 1. The van der Waals surface area contributed by atoms with Crippen molar-refractivity contribution in [3.63, 3.8) is 0 Å². The van der Waals surface area contributed by atoms with E-state index >= 15 is 0 Å². The van der Waals surface area contributed by atoms with Crippen LogP contribution in [-0.2, 0) is 6.42 Å². The molecule has 2 N–H and O–H groups in total. The van der Waals surface area contributed by atoms with Crippen molar-refractivity contribution in [3.8, 4) is 11.1 Å². The lowest BCUT2D eigenvalue weighted by Crippen LogP contribution is -2.12. The van der Waals surface area contributed by atoms with Crippen LogP contribution in [0.25, 0.3) is 11.1 Å². The number of aromatic nitrogens is 1. The van der Waals surface area contributed by atoms with Crippen molar-refractivity contribution >= 4 is 5.91 Å². The number of aryl methyl sites for hydroxylation is 1. The quantitative estimate of drug-likeness (QED) is 0.657. The van der Waals surface area contributed by atoms with Crippen molar-refractivity contribution in [1.82, 2.24) is 4.98 Å². The standard InChI is InChI=1S/C23H24N2O/c1-17(7-5-8-18-9-6-14-25-16-18)22-15-20(23(24)26)12-13-21(22)19-10-3-2-4-11-19/h2-4,6,9-17H,5,7-8H2,1H3,(H2,24,26). The Morgan fingerprint density at radius 3 is 2.58 bits per heavy atom. The number of carbonyl (C=O) groups is 1. The summed E-state index contributed by atoms with van der Waals surface area (Å²) >= 11 is 0. The van der Waals surface area contributed by atoms with E-state index < -0.39 is 0 Å². The van der Waals surface area contributed by atoms with Crippen molar-refractivity contribution in [3.05, 3.63) is 89.7 Å². The summed E-state index contributed by atoms with van der Waals surface area (Å²) in [5.74, 6) is -0.0467. The molecule has 1 aromatic heterocycles. The highest BCUT2D eigenvalue weighted by atomic mass is 16.1. The van der Waals surface area contributed by atoms with E-state index in [0.29, 0.717) is 11.5 Å². The number of benzene rings is 2. The van der Waals surface area contributed by atoms with Crippen LogP contribution in [0.2, 0.25) is 0 Å². The van der Waals surface area contributed by atoms with Gasteiger partial charge in [0, 0.05) is 18.0 Å². The summed E-state index contributed by atoms with van der Waals surface area (Å²) in [6, 6.07) is 20.2. The highest BCUT2D eigenvalue weighted by Crippen LogP contribution is 2.32. The van der Waals surface area contributed by atoms with Crippen molar-refractivity contribution in [2.75, 3.05) is 0 Å². The molecule has 0 aliphatic carbocycles. The van der Waals surface area contributed by atoms with Gasteiger partial charge in [0.25, 0.3) is 0 Å². The second-order valence-electron chi connectivity index (χ2n) is 6.69. The Balaban J connectivity index is 1.81. The SMILES string of the molecule is CC(CCCc1cccnc1)c1cc(C(N)=O)ccc1-c1ccccc1. The second kappa shape index (κ2) is 8.43. The smallest absolute Gasteiger partial charge is 0.248 e. The Hall–Kier alpha value is -2.94. The average molecular weight is 344 g/mol. The monoisotopic (exact) mass is 344 g/mol. The van der Waals surface area contributed by atoms with Gasteiger partial charge in [0.1, 0.15) is 0 Å². The molecule has 0 aliphatic heterocycles. The molecule has 1 unspecified atom stereocenters. The first-order chi connectivity index (χ1) is 12.6. The van der Waals surface area contributed by atoms with E-state index in [1.54, 1.807) is 6.20 Å². The zero-order valence-electron chi connectivity index (χ0n) is 15.1. The first-order valence-electron chi connectivity index (χ1n) is 9.03. The topological polar surface area (TPSA) is 56.0 Å². The second-order valence-corrected chi connectivity index (χ2v) is 6.69. The van der Waals surface area contributed by atoms with Crippen LogP contribution in [0.15, 0.2) is 73.1 Å². The summed E-state index contributed by atoms with van der Waals surface area (Å²) in [6.07, 6.45) is 6.84. The fourth-order valence-electron chi connectivity index (χ4n) is 3.32. The Labute approximate surface area is 154 Å². The van der Waals surface area contributed by atoms with Crippen LogP contribution in [0.5, 0.6) is 0 Å². The van der Waals surface area contributed by atoms with Crippen molar-refractivity contribution in [2.45, 2.75) is 32.1 Å². The maximum absolute atomic E-state index is 11.6. The third kappa shape index (κ3) is 4.37.